The fourth-order valence-electron chi connectivity index (χ4n) is 2.71. The second-order valence-electron chi connectivity index (χ2n) is 6.16. The molecule has 0 spiro atoms. The first-order valence-corrected chi connectivity index (χ1v) is 8.88. The van der Waals surface area contributed by atoms with Crippen molar-refractivity contribution in [2.75, 3.05) is 0 Å². The minimum absolute atomic E-state index is 0.265. The zero-order valence-corrected chi connectivity index (χ0v) is 14.6. The Morgan fingerprint density at radius 1 is 1.05 bits per heavy atom. The van der Waals surface area contributed by atoms with Crippen molar-refractivity contribution in [3.63, 3.8) is 0 Å². The normalized spacial score (nSPS) is 10.9. The van der Waals surface area contributed by atoms with Crippen LogP contribution in [0.5, 0.6) is 6.01 Å². The fourth-order valence-corrected chi connectivity index (χ4v) is 2.71. The first-order chi connectivity index (χ1) is 10.6. The maximum Gasteiger partial charge on any atom is 0.463 e. The van der Waals surface area contributed by atoms with Crippen molar-refractivity contribution >= 4 is 5.97 Å². The van der Waals surface area contributed by atoms with Crippen LogP contribution < -0.4 is 9.30 Å². The zero-order valence-electron chi connectivity index (χ0n) is 14.6. The number of unbranched alkanes of at least 4 members (excludes halogenated alkanes) is 9. The smallest absolute Gasteiger partial charge is 0.357 e. The average Bonchev–Trinajstić information content (AvgIpc) is 2.81. The highest BCUT2D eigenvalue weighted by molar-refractivity contribution is 5.68. The molecule has 0 aliphatic carbocycles. The van der Waals surface area contributed by atoms with Gasteiger partial charge in [0.2, 0.25) is 0 Å². The van der Waals surface area contributed by atoms with Crippen LogP contribution in [-0.4, -0.2) is 10.5 Å². The molecular formula is C18H33N2O2+. The van der Waals surface area contributed by atoms with Crippen molar-refractivity contribution in [3.05, 3.63) is 12.4 Å². The van der Waals surface area contributed by atoms with E-state index in [9.17, 15) is 4.79 Å². The number of rotatable bonds is 12. The number of aromatic nitrogens is 2. The number of imidazole rings is 1. The molecule has 4 heteroatoms. The SMILES string of the molecule is CCCCCCCCCCCCn1cc[n+](C)c1OC(C)=O. The van der Waals surface area contributed by atoms with Gasteiger partial charge in [0.15, 0.2) is 0 Å². The Morgan fingerprint density at radius 3 is 2.14 bits per heavy atom. The molecule has 0 saturated heterocycles. The Labute approximate surface area is 135 Å². The summed E-state index contributed by atoms with van der Waals surface area (Å²) in [4.78, 5) is 11.1. The van der Waals surface area contributed by atoms with E-state index in [-0.39, 0.29) is 5.97 Å². The predicted molar refractivity (Wildman–Crippen MR) is 88.8 cm³/mol. The lowest BCUT2D eigenvalue weighted by atomic mass is 10.1. The maximum atomic E-state index is 11.1. The van der Waals surface area contributed by atoms with Gasteiger partial charge in [-0.3, -0.25) is 4.79 Å². The van der Waals surface area contributed by atoms with E-state index in [1.807, 2.05) is 28.6 Å². The van der Waals surface area contributed by atoms with Gasteiger partial charge in [-0.05, 0) is 12.8 Å². The Bertz CT molecular complexity index is 427. The van der Waals surface area contributed by atoms with E-state index in [2.05, 4.69) is 6.92 Å². The number of nitrogens with zero attached hydrogens (tertiary/aromatic N) is 2. The summed E-state index contributed by atoms with van der Waals surface area (Å²) < 4.78 is 9.11. The Balaban J connectivity index is 2.09. The van der Waals surface area contributed by atoms with Crippen LogP contribution in [-0.2, 0) is 18.4 Å². The van der Waals surface area contributed by atoms with Crippen LogP contribution in [0.4, 0.5) is 0 Å². The van der Waals surface area contributed by atoms with Crippen molar-refractivity contribution in [2.45, 2.75) is 84.6 Å². The van der Waals surface area contributed by atoms with E-state index in [4.69, 9.17) is 4.74 Å². The van der Waals surface area contributed by atoms with Gasteiger partial charge in [0.1, 0.15) is 12.4 Å². The molecule has 1 aromatic rings. The standard InChI is InChI=1S/C18H33N2O2/c1-4-5-6-7-8-9-10-11-12-13-14-20-16-15-19(3)18(20)22-17(2)21/h15-16H,4-14H2,1-3H3/q+1. The second-order valence-corrected chi connectivity index (χ2v) is 6.16. The quantitative estimate of drug-likeness (QED) is 0.330. The van der Waals surface area contributed by atoms with Crippen LogP contribution in [0.25, 0.3) is 0 Å². The molecule has 4 nitrogen and oxygen atoms in total. The first kappa shape index (κ1) is 18.7. The maximum absolute atomic E-state index is 11.1. The fraction of sp³-hybridized carbons (Fsp3) is 0.778. The van der Waals surface area contributed by atoms with Gasteiger partial charge in [-0.2, -0.15) is 9.13 Å². The second kappa shape index (κ2) is 11.3. The van der Waals surface area contributed by atoms with E-state index in [1.165, 1.54) is 64.7 Å². The summed E-state index contributed by atoms with van der Waals surface area (Å²) in [5.74, 6) is -0.265. The summed E-state index contributed by atoms with van der Waals surface area (Å²) in [6, 6.07) is 0.628. The van der Waals surface area contributed by atoms with Crippen LogP contribution >= 0.6 is 0 Å². The summed E-state index contributed by atoms with van der Waals surface area (Å²) in [5, 5.41) is 0. The molecule has 0 aromatic carbocycles. The molecule has 0 amide bonds. The molecule has 0 fully saturated rings. The molecule has 0 atom stereocenters. The monoisotopic (exact) mass is 309 g/mol. The highest BCUT2D eigenvalue weighted by Crippen LogP contribution is 2.12. The molecule has 126 valence electrons. The van der Waals surface area contributed by atoms with Crippen molar-refractivity contribution in [1.29, 1.82) is 0 Å². The van der Waals surface area contributed by atoms with Crippen LogP contribution in [0.15, 0.2) is 12.4 Å². The zero-order chi connectivity index (χ0) is 16.2. The molecule has 1 rings (SSSR count). The van der Waals surface area contributed by atoms with E-state index in [1.54, 1.807) is 0 Å². The van der Waals surface area contributed by atoms with Gasteiger partial charge < -0.3 is 4.74 Å². The molecule has 1 aromatic heterocycles. The molecule has 0 unspecified atom stereocenters. The number of carbonyl (C=O) groups is 1. The number of ether oxygens (including phenoxy) is 1. The van der Waals surface area contributed by atoms with Crippen LogP contribution in [0.3, 0.4) is 0 Å². The number of esters is 1. The van der Waals surface area contributed by atoms with Crippen molar-refractivity contribution < 1.29 is 14.1 Å². The van der Waals surface area contributed by atoms with Gasteiger partial charge in [-0.25, -0.2) is 0 Å². The molecule has 1 heterocycles. The summed E-state index contributed by atoms with van der Waals surface area (Å²) in [7, 11) is 1.90. The van der Waals surface area contributed by atoms with E-state index >= 15 is 0 Å². The van der Waals surface area contributed by atoms with Crippen molar-refractivity contribution in [1.82, 2.24) is 4.57 Å². The van der Waals surface area contributed by atoms with E-state index in [0.717, 1.165) is 13.0 Å². The van der Waals surface area contributed by atoms with Crippen LogP contribution in [0.2, 0.25) is 0 Å². The molecule has 0 bridgehead atoms. The number of hydrogen-bond acceptors (Lipinski definition) is 2. The molecule has 0 aliphatic heterocycles. The summed E-state index contributed by atoms with van der Waals surface area (Å²) in [5.41, 5.74) is 0. The highest BCUT2D eigenvalue weighted by atomic mass is 16.6. The summed E-state index contributed by atoms with van der Waals surface area (Å²) >= 11 is 0. The van der Waals surface area contributed by atoms with Crippen LogP contribution in [0, 0.1) is 0 Å². The lowest BCUT2D eigenvalue weighted by molar-refractivity contribution is -0.675. The number of aryl methyl sites for hydroxylation is 2. The third kappa shape index (κ3) is 7.62. The van der Waals surface area contributed by atoms with E-state index in [0.29, 0.717) is 6.01 Å². The number of carbonyl (C=O) groups excluding carboxylic acids is 1. The molecule has 22 heavy (non-hydrogen) atoms. The molecular weight excluding hydrogens is 276 g/mol. The third-order valence-corrected chi connectivity index (χ3v) is 4.01. The lowest BCUT2D eigenvalue weighted by Gasteiger charge is -2.03. The first-order valence-electron chi connectivity index (χ1n) is 8.88. The molecule has 0 aliphatic rings. The van der Waals surface area contributed by atoms with Gasteiger partial charge in [0.05, 0.1) is 13.6 Å². The van der Waals surface area contributed by atoms with Gasteiger partial charge in [-0.15, -0.1) is 0 Å². The molecule has 0 saturated carbocycles. The van der Waals surface area contributed by atoms with Gasteiger partial charge in [-0.1, -0.05) is 58.3 Å². The summed E-state index contributed by atoms with van der Waals surface area (Å²) in [6.07, 6.45) is 17.2. The van der Waals surface area contributed by atoms with E-state index < -0.39 is 0 Å². The Morgan fingerprint density at radius 2 is 1.59 bits per heavy atom. The lowest BCUT2D eigenvalue weighted by Crippen LogP contribution is -2.30. The van der Waals surface area contributed by atoms with Crippen molar-refractivity contribution in [2.24, 2.45) is 7.05 Å². The highest BCUT2D eigenvalue weighted by Gasteiger charge is 2.17. The summed E-state index contributed by atoms with van der Waals surface area (Å²) in [6.45, 7) is 4.62. The Kier molecular flexibility index (Phi) is 9.60. The molecule has 0 N–H and O–H groups in total. The number of hydrogen-bond donors (Lipinski definition) is 0. The average molecular weight is 309 g/mol. The minimum Gasteiger partial charge on any atom is -0.357 e. The van der Waals surface area contributed by atoms with Crippen molar-refractivity contribution in [3.8, 4) is 6.01 Å². The Hall–Kier alpha value is -1.32. The van der Waals surface area contributed by atoms with Gasteiger partial charge >= 0.3 is 12.0 Å². The third-order valence-electron chi connectivity index (χ3n) is 4.01. The predicted octanol–water partition coefficient (Wildman–Crippen LogP) is 4.16. The van der Waals surface area contributed by atoms with Crippen LogP contribution in [0.1, 0.15) is 78.1 Å². The topological polar surface area (TPSA) is 35.1 Å². The van der Waals surface area contributed by atoms with Gasteiger partial charge in [0.25, 0.3) is 0 Å². The van der Waals surface area contributed by atoms with Gasteiger partial charge in [0, 0.05) is 6.92 Å². The minimum atomic E-state index is -0.265. The molecule has 0 radical (unpaired) electrons. The largest absolute Gasteiger partial charge is 0.463 e.